The molecular weight excluding hydrogens is 356 g/mol. The molecule has 0 saturated carbocycles. The predicted molar refractivity (Wildman–Crippen MR) is 83.5 cm³/mol. The van der Waals surface area contributed by atoms with E-state index in [1.165, 1.54) is 11.3 Å². The van der Waals surface area contributed by atoms with Gasteiger partial charge in [0.25, 0.3) is 5.56 Å². The highest BCUT2D eigenvalue weighted by Crippen LogP contribution is 2.22. The number of hydrogen-bond donors (Lipinski definition) is 1. The van der Waals surface area contributed by atoms with Gasteiger partial charge in [-0.3, -0.25) is 4.79 Å². The second kappa shape index (κ2) is 5.79. The Kier molecular flexibility index (Phi) is 3.85. The van der Waals surface area contributed by atoms with E-state index >= 15 is 0 Å². The van der Waals surface area contributed by atoms with Crippen molar-refractivity contribution in [1.82, 2.24) is 9.97 Å². The maximum atomic E-state index is 11.9. The number of carbonyl (C=O) groups excluding carboxylic acids is 1. The first-order valence-corrected chi connectivity index (χ1v) is 7.65. The summed E-state index contributed by atoms with van der Waals surface area (Å²) in [6.07, 6.45) is 0. The van der Waals surface area contributed by atoms with Gasteiger partial charge in [-0.2, -0.15) is 0 Å². The van der Waals surface area contributed by atoms with Crippen molar-refractivity contribution in [3.63, 3.8) is 0 Å². The maximum absolute atomic E-state index is 11.9. The van der Waals surface area contributed by atoms with Gasteiger partial charge in [0, 0.05) is 0 Å². The third-order valence-corrected chi connectivity index (χ3v) is 4.38. The average molecular weight is 365 g/mol. The van der Waals surface area contributed by atoms with Crippen molar-refractivity contribution in [2.24, 2.45) is 0 Å². The third kappa shape index (κ3) is 3.03. The zero-order valence-electron chi connectivity index (χ0n) is 10.6. The monoisotopic (exact) mass is 364 g/mol. The molecule has 0 unspecified atom stereocenters. The van der Waals surface area contributed by atoms with Crippen LogP contribution >= 0.6 is 27.3 Å². The molecule has 5 nitrogen and oxygen atoms in total. The Labute approximate surface area is 131 Å². The number of fused-ring (bicyclic) bond motifs is 1. The van der Waals surface area contributed by atoms with Crippen LogP contribution < -0.4 is 5.56 Å². The van der Waals surface area contributed by atoms with Crippen molar-refractivity contribution < 1.29 is 9.53 Å². The molecule has 2 heterocycles. The molecule has 0 fully saturated rings. The van der Waals surface area contributed by atoms with Crippen LogP contribution in [0.5, 0.6) is 0 Å². The van der Waals surface area contributed by atoms with E-state index in [1.54, 1.807) is 36.4 Å². The number of halogens is 1. The summed E-state index contributed by atoms with van der Waals surface area (Å²) >= 11 is 4.57. The third-order valence-electron chi connectivity index (χ3n) is 2.78. The van der Waals surface area contributed by atoms with Crippen molar-refractivity contribution in [3.8, 4) is 0 Å². The summed E-state index contributed by atoms with van der Waals surface area (Å²) < 4.78 is 6.00. The van der Waals surface area contributed by atoms with Gasteiger partial charge in [0.1, 0.15) is 17.3 Å². The van der Waals surface area contributed by atoms with E-state index in [2.05, 4.69) is 25.9 Å². The lowest BCUT2D eigenvalue weighted by Crippen LogP contribution is -2.14. The minimum Gasteiger partial charge on any atom is -0.453 e. The van der Waals surface area contributed by atoms with E-state index in [4.69, 9.17) is 4.74 Å². The Morgan fingerprint density at radius 1 is 1.29 bits per heavy atom. The van der Waals surface area contributed by atoms with Crippen LogP contribution in [0.25, 0.3) is 10.9 Å². The van der Waals surface area contributed by atoms with Gasteiger partial charge in [0.15, 0.2) is 0 Å². The summed E-state index contributed by atoms with van der Waals surface area (Å²) in [5, 5.41) is 0.509. The summed E-state index contributed by atoms with van der Waals surface area (Å²) in [6, 6.07) is 10.5. The molecule has 0 bridgehead atoms. The van der Waals surface area contributed by atoms with Crippen LogP contribution in [0.1, 0.15) is 15.5 Å². The van der Waals surface area contributed by atoms with Gasteiger partial charge in [-0.1, -0.05) is 12.1 Å². The van der Waals surface area contributed by atoms with E-state index in [0.29, 0.717) is 21.6 Å². The second-order valence-corrected chi connectivity index (χ2v) is 6.67. The first-order valence-electron chi connectivity index (χ1n) is 6.04. The number of H-pyrrole nitrogens is 1. The normalized spacial score (nSPS) is 10.7. The zero-order chi connectivity index (χ0) is 14.8. The fourth-order valence-electron chi connectivity index (χ4n) is 1.83. The Balaban J connectivity index is 1.79. The summed E-state index contributed by atoms with van der Waals surface area (Å²) in [4.78, 5) is 31.1. The molecular formula is C14H9BrN2O3S. The summed E-state index contributed by atoms with van der Waals surface area (Å²) in [7, 11) is 0. The van der Waals surface area contributed by atoms with Crippen molar-refractivity contribution in [2.45, 2.75) is 6.61 Å². The molecule has 0 radical (unpaired) electrons. The van der Waals surface area contributed by atoms with Crippen molar-refractivity contribution in [2.75, 3.05) is 0 Å². The van der Waals surface area contributed by atoms with Crippen molar-refractivity contribution in [3.05, 3.63) is 61.2 Å². The molecule has 0 spiro atoms. The number of nitrogens with zero attached hydrogens (tertiary/aromatic N) is 1. The predicted octanol–water partition coefficient (Wildman–Crippen LogP) is 3.10. The van der Waals surface area contributed by atoms with Gasteiger partial charge in [-0.25, -0.2) is 9.78 Å². The van der Waals surface area contributed by atoms with E-state index in [9.17, 15) is 9.59 Å². The summed E-state index contributed by atoms with van der Waals surface area (Å²) in [5.41, 5.74) is 0.330. The number of aromatic nitrogens is 2. The average Bonchev–Trinajstić information content (AvgIpc) is 2.91. The number of thiophene rings is 1. The highest BCUT2D eigenvalue weighted by atomic mass is 79.9. The largest absolute Gasteiger partial charge is 0.453 e. The van der Waals surface area contributed by atoms with E-state index in [0.717, 1.165) is 3.79 Å². The lowest BCUT2D eigenvalue weighted by Gasteiger charge is -2.04. The molecule has 0 aliphatic carbocycles. The molecule has 3 aromatic rings. The number of benzene rings is 1. The van der Waals surface area contributed by atoms with Crippen molar-refractivity contribution in [1.29, 1.82) is 0 Å². The number of esters is 1. The fourth-order valence-corrected chi connectivity index (χ4v) is 3.11. The highest BCUT2D eigenvalue weighted by molar-refractivity contribution is 9.11. The van der Waals surface area contributed by atoms with Gasteiger partial charge < -0.3 is 9.72 Å². The van der Waals surface area contributed by atoms with Gasteiger partial charge in [0.2, 0.25) is 0 Å². The first-order chi connectivity index (χ1) is 10.1. The molecule has 0 aliphatic rings. The van der Waals surface area contributed by atoms with Crippen LogP contribution in [0, 0.1) is 0 Å². The number of hydrogen-bond acceptors (Lipinski definition) is 5. The fraction of sp³-hybridized carbons (Fsp3) is 0.0714. The standard InChI is InChI=1S/C14H9BrN2O3S/c15-11-6-5-10(21-11)14(19)20-7-12-16-9-4-2-1-3-8(9)13(18)17-12/h1-6H,7H2,(H,16,17,18). The van der Waals surface area contributed by atoms with E-state index < -0.39 is 5.97 Å². The van der Waals surface area contributed by atoms with Gasteiger partial charge in [-0.05, 0) is 40.2 Å². The molecule has 1 N–H and O–H groups in total. The van der Waals surface area contributed by atoms with Crippen LogP contribution in [0.2, 0.25) is 0 Å². The number of aromatic amines is 1. The quantitative estimate of drug-likeness (QED) is 0.724. The zero-order valence-corrected chi connectivity index (χ0v) is 13.0. The molecule has 106 valence electrons. The van der Waals surface area contributed by atoms with Crippen molar-refractivity contribution >= 4 is 44.1 Å². The summed E-state index contributed by atoms with van der Waals surface area (Å²) in [6.45, 7) is -0.0750. The number of rotatable bonds is 3. The number of carbonyl (C=O) groups is 1. The highest BCUT2D eigenvalue weighted by Gasteiger charge is 2.11. The number of ether oxygens (including phenoxy) is 1. The lowest BCUT2D eigenvalue weighted by molar-refractivity contribution is 0.0468. The number of para-hydroxylation sites is 1. The van der Waals surface area contributed by atoms with Gasteiger partial charge >= 0.3 is 5.97 Å². The van der Waals surface area contributed by atoms with E-state index in [-0.39, 0.29) is 12.2 Å². The first kappa shape index (κ1) is 14.0. The van der Waals surface area contributed by atoms with Crippen LogP contribution in [0.3, 0.4) is 0 Å². The Hall–Kier alpha value is -1.99. The lowest BCUT2D eigenvalue weighted by atomic mass is 10.2. The van der Waals surface area contributed by atoms with E-state index in [1.807, 2.05) is 0 Å². The number of nitrogens with one attached hydrogen (secondary N) is 1. The molecule has 2 aromatic heterocycles. The molecule has 1 aromatic carbocycles. The minimum atomic E-state index is -0.443. The molecule has 3 rings (SSSR count). The molecule has 21 heavy (non-hydrogen) atoms. The second-order valence-electron chi connectivity index (χ2n) is 4.21. The van der Waals surface area contributed by atoms with Crippen LogP contribution in [-0.4, -0.2) is 15.9 Å². The molecule has 0 saturated heterocycles. The molecule has 7 heteroatoms. The van der Waals surface area contributed by atoms with Crippen LogP contribution in [-0.2, 0) is 11.3 Å². The Morgan fingerprint density at radius 3 is 2.86 bits per heavy atom. The van der Waals surface area contributed by atoms with Gasteiger partial charge in [-0.15, -0.1) is 11.3 Å². The minimum absolute atomic E-state index is 0.0750. The molecule has 0 aliphatic heterocycles. The Bertz CT molecular complexity index is 872. The Morgan fingerprint density at radius 2 is 2.10 bits per heavy atom. The maximum Gasteiger partial charge on any atom is 0.348 e. The summed E-state index contributed by atoms with van der Waals surface area (Å²) in [5.74, 6) is -0.121. The molecule has 0 amide bonds. The topological polar surface area (TPSA) is 72.0 Å². The van der Waals surface area contributed by atoms with Crippen LogP contribution in [0.4, 0.5) is 0 Å². The SMILES string of the molecule is O=C(OCc1nc2ccccc2c(=O)[nH]1)c1ccc(Br)s1. The molecule has 0 atom stereocenters. The smallest absolute Gasteiger partial charge is 0.348 e. The van der Waals surface area contributed by atoms with Crippen LogP contribution in [0.15, 0.2) is 45.0 Å². The van der Waals surface area contributed by atoms with Gasteiger partial charge in [0.05, 0.1) is 14.7 Å².